The highest BCUT2D eigenvalue weighted by Crippen LogP contribution is 2.29. The van der Waals surface area contributed by atoms with Gasteiger partial charge < -0.3 is 4.74 Å². The van der Waals surface area contributed by atoms with Gasteiger partial charge in [0.2, 0.25) is 0 Å². The Bertz CT molecular complexity index is 769. The molecule has 0 fully saturated rings. The molecule has 0 amide bonds. The van der Waals surface area contributed by atoms with Gasteiger partial charge in [0.1, 0.15) is 17.4 Å². The summed E-state index contributed by atoms with van der Waals surface area (Å²) in [5, 5.41) is 7.12. The summed E-state index contributed by atoms with van der Waals surface area (Å²) in [5.74, 6) is 0.800. The van der Waals surface area contributed by atoms with Crippen molar-refractivity contribution in [3.05, 3.63) is 50.6 Å². The number of ether oxygens (including phenoxy) is 1. The Balaban J connectivity index is 1.70. The molecule has 0 spiro atoms. The summed E-state index contributed by atoms with van der Waals surface area (Å²) in [6.07, 6.45) is 3.77. The number of benzene rings is 1. The first-order valence-corrected chi connectivity index (χ1v) is 8.59. The van der Waals surface area contributed by atoms with Crippen molar-refractivity contribution >= 4 is 43.2 Å². The van der Waals surface area contributed by atoms with Crippen molar-refractivity contribution in [2.45, 2.75) is 6.61 Å². The molecule has 21 heavy (non-hydrogen) atoms. The standard InChI is InChI=1S/C14H11Br2N3OS/c1-19-6-9(5-17-19)14-18-11(8-21-14)7-20-13-3-2-10(15)4-12(13)16/h2-6,8H,7H2,1H3. The van der Waals surface area contributed by atoms with Gasteiger partial charge in [-0.25, -0.2) is 4.98 Å². The Labute approximate surface area is 143 Å². The minimum atomic E-state index is 0.441. The van der Waals surface area contributed by atoms with Crippen molar-refractivity contribution in [1.29, 1.82) is 0 Å². The molecule has 2 heterocycles. The molecule has 0 aliphatic carbocycles. The zero-order valence-corrected chi connectivity index (χ0v) is 15.1. The van der Waals surface area contributed by atoms with Crippen LogP contribution >= 0.6 is 43.2 Å². The maximum absolute atomic E-state index is 5.79. The summed E-state index contributed by atoms with van der Waals surface area (Å²) in [7, 11) is 1.90. The Hall–Kier alpha value is -1.18. The molecular weight excluding hydrogens is 418 g/mol. The molecule has 1 aromatic carbocycles. The molecule has 0 aliphatic rings. The van der Waals surface area contributed by atoms with Gasteiger partial charge >= 0.3 is 0 Å². The van der Waals surface area contributed by atoms with E-state index in [2.05, 4.69) is 41.9 Å². The summed E-state index contributed by atoms with van der Waals surface area (Å²) >= 11 is 8.49. The lowest BCUT2D eigenvalue weighted by Gasteiger charge is -2.06. The van der Waals surface area contributed by atoms with Crippen LogP contribution < -0.4 is 4.74 Å². The quantitative estimate of drug-likeness (QED) is 0.607. The topological polar surface area (TPSA) is 39.9 Å². The second-order valence-electron chi connectivity index (χ2n) is 4.41. The molecule has 3 rings (SSSR count). The second kappa shape index (κ2) is 6.29. The van der Waals surface area contributed by atoms with Crippen molar-refractivity contribution in [2.75, 3.05) is 0 Å². The Kier molecular flexibility index (Phi) is 4.42. The highest BCUT2D eigenvalue weighted by molar-refractivity contribution is 9.11. The third-order valence-corrected chi connectivity index (χ3v) is 4.83. The lowest BCUT2D eigenvalue weighted by atomic mass is 10.3. The van der Waals surface area contributed by atoms with Crippen LogP contribution in [-0.4, -0.2) is 14.8 Å². The number of hydrogen-bond acceptors (Lipinski definition) is 4. The highest BCUT2D eigenvalue weighted by Gasteiger charge is 2.08. The number of halogens is 2. The van der Waals surface area contributed by atoms with Crippen LogP contribution in [0.1, 0.15) is 5.69 Å². The zero-order valence-electron chi connectivity index (χ0n) is 11.1. The molecule has 0 atom stereocenters. The van der Waals surface area contributed by atoms with E-state index in [1.54, 1.807) is 16.0 Å². The van der Waals surface area contributed by atoms with Crippen LogP contribution in [0.4, 0.5) is 0 Å². The van der Waals surface area contributed by atoms with E-state index in [4.69, 9.17) is 4.74 Å². The largest absolute Gasteiger partial charge is 0.486 e. The van der Waals surface area contributed by atoms with Crippen LogP contribution in [0.5, 0.6) is 5.75 Å². The predicted molar refractivity (Wildman–Crippen MR) is 90.5 cm³/mol. The highest BCUT2D eigenvalue weighted by atomic mass is 79.9. The van der Waals surface area contributed by atoms with Gasteiger partial charge in [0.15, 0.2) is 0 Å². The first-order chi connectivity index (χ1) is 10.1. The van der Waals surface area contributed by atoms with E-state index in [9.17, 15) is 0 Å². The molecular formula is C14H11Br2N3OS. The van der Waals surface area contributed by atoms with E-state index >= 15 is 0 Å². The molecule has 4 nitrogen and oxygen atoms in total. The molecule has 108 valence electrons. The summed E-state index contributed by atoms with van der Waals surface area (Å²) in [4.78, 5) is 4.57. The van der Waals surface area contributed by atoms with Crippen LogP contribution in [0.15, 0.2) is 44.9 Å². The molecule has 0 bridgehead atoms. The van der Waals surface area contributed by atoms with Crippen molar-refractivity contribution < 1.29 is 4.74 Å². The first kappa shape index (κ1) is 14.7. The van der Waals surface area contributed by atoms with E-state index in [-0.39, 0.29) is 0 Å². The fraction of sp³-hybridized carbons (Fsp3) is 0.143. The van der Waals surface area contributed by atoms with E-state index in [1.807, 2.05) is 43.0 Å². The fourth-order valence-electron chi connectivity index (χ4n) is 1.78. The smallest absolute Gasteiger partial charge is 0.134 e. The molecule has 0 aliphatic heterocycles. The van der Waals surface area contributed by atoms with Crippen LogP contribution in [0.25, 0.3) is 10.6 Å². The molecule has 0 radical (unpaired) electrons. The molecule has 2 aromatic heterocycles. The lowest BCUT2D eigenvalue weighted by molar-refractivity contribution is 0.300. The van der Waals surface area contributed by atoms with Crippen molar-refractivity contribution in [2.24, 2.45) is 7.05 Å². The van der Waals surface area contributed by atoms with Gasteiger partial charge in [-0.3, -0.25) is 4.68 Å². The van der Waals surface area contributed by atoms with Gasteiger partial charge in [-0.1, -0.05) is 15.9 Å². The molecule has 7 heteroatoms. The van der Waals surface area contributed by atoms with Crippen LogP contribution in [-0.2, 0) is 13.7 Å². The van der Waals surface area contributed by atoms with E-state index < -0.39 is 0 Å². The van der Waals surface area contributed by atoms with Crippen molar-refractivity contribution in [3.8, 4) is 16.3 Å². The predicted octanol–water partition coefficient (Wildman–Crippen LogP) is 4.65. The average Bonchev–Trinajstić information content (AvgIpc) is 3.06. The minimum Gasteiger partial charge on any atom is -0.486 e. The summed E-state index contributed by atoms with van der Waals surface area (Å²) < 4.78 is 9.48. The van der Waals surface area contributed by atoms with Gasteiger partial charge in [0, 0.05) is 28.7 Å². The normalized spacial score (nSPS) is 10.8. The molecule has 0 saturated carbocycles. The summed E-state index contributed by atoms with van der Waals surface area (Å²) in [6, 6.07) is 5.82. The number of rotatable bonds is 4. The van der Waals surface area contributed by atoms with Gasteiger partial charge in [0.05, 0.1) is 16.4 Å². The molecule has 0 unspecified atom stereocenters. The van der Waals surface area contributed by atoms with Gasteiger partial charge in [-0.05, 0) is 34.1 Å². The van der Waals surface area contributed by atoms with Gasteiger partial charge in [0.25, 0.3) is 0 Å². The second-order valence-corrected chi connectivity index (χ2v) is 7.04. The maximum Gasteiger partial charge on any atom is 0.134 e. The van der Waals surface area contributed by atoms with Crippen LogP contribution in [0.2, 0.25) is 0 Å². The lowest BCUT2D eigenvalue weighted by Crippen LogP contribution is -1.96. The Morgan fingerprint density at radius 1 is 1.33 bits per heavy atom. The maximum atomic E-state index is 5.79. The van der Waals surface area contributed by atoms with Crippen LogP contribution in [0, 0.1) is 0 Å². The number of aryl methyl sites for hydroxylation is 1. The number of thiazole rings is 1. The Morgan fingerprint density at radius 3 is 2.90 bits per heavy atom. The van der Waals surface area contributed by atoms with E-state index in [0.29, 0.717) is 6.61 Å². The van der Waals surface area contributed by atoms with Crippen molar-refractivity contribution in [1.82, 2.24) is 14.8 Å². The summed E-state index contributed by atoms with van der Waals surface area (Å²) in [6.45, 7) is 0.441. The molecule has 3 aromatic rings. The number of aromatic nitrogens is 3. The van der Waals surface area contributed by atoms with E-state index in [1.165, 1.54) is 0 Å². The summed E-state index contributed by atoms with van der Waals surface area (Å²) in [5.41, 5.74) is 1.94. The molecule has 0 N–H and O–H groups in total. The van der Waals surface area contributed by atoms with E-state index in [0.717, 1.165) is 31.0 Å². The fourth-order valence-corrected chi connectivity index (χ4v) is 3.72. The van der Waals surface area contributed by atoms with Gasteiger partial charge in [-0.2, -0.15) is 5.10 Å². The average molecular weight is 429 g/mol. The SMILES string of the molecule is Cn1cc(-c2nc(COc3ccc(Br)cc3Br)cs2)cn1. The monoisotopic (exact) mass is 427 g/mol. The number of nitrogens with zero attached hydrogens (tertiary/aromatic N) is 3. The first-order valence-electron chi connectivity index (χ1n) is 6.13. The van der Waals surface area contributed by atoms with Crippen LogP contribution in [0.3, 0.4) is 0 Å². The number of hydrogen-bond donors (Lipinski definition) is 0. The zero-order chi connectivity index (χ0) is 14.8. The minimum absolute atomic E-state index is 0.441. The Morgan fingerprint density at radius 2 is 2.19 bits per heavy atom. The third kappa shape index (κ3) is 3.53. The van der Waals surface area contributed by atoms with Crippen molar-refractivity contribution in [3.63, 3.8) is 0 Å². The van der Waals surface area contributed by atoms with Gasteiger partial charge in [-0.15, -0.1) is 11.3 Å². The third-order valence-electron chi connectivity index (χ3n) is 2.77. The molecule has 0 saturated heterocycles.